The Balaban J connectivity index is 2.88. The molecule has 0 radical (unpaired) electrons. The van der Waals surface area contributed by atoms with Crippen molar-refractivity contribution in [3.05, 3.63) is 15.7 Å². The highest BCUT2D eigenvalue weighted by Gasteiger charge is 2.15. The first-order valence-electron chi connectivity index (χ1n) is 5.32. The number of halogens is 1. The van der Waals surface area contributed by atoms with Crippen LogP contribution >= 0.6 is 22.6 Å². The van der Waals surface area contributed by atoms with Crippen molar-refractivity contribution in [3.63, 3.8) is 0 Å². The lowest BCUT2D eigenvalue weighted by atomic mass is 10.3. The molecule has 0 aliphatic carbocycles. The fraction of sp³-hybridized carbons (Fsp3) is 0.417. The Kier molecular flexibility index (Phi) is 6.03. The summed E-state index contributed by atoms with van der Waals surface area (Å²) in [5.41, 5.74) is 0. The maximum absolute atomic E-state index is 11.3. The van der Waals surface area contributed by atoms with Crippen molar-refractivity contribution < 1.29 is 23.7 Å². The summed E-state index contributed by atoms with van der Waals surface area (Å²) in [6.07, 6.45) is 0. The van der Waals surface area contributed by atoms with Gasteiger partial charge in [0.25, 0.3) is 0 Å². The first-order chi connectivity index (χ1) is 8.62. The maximum Gasteiger partial charge on any atom is 0.344 e. The van der Waals surface area contributed by atoms with Crippen molar-refractivity contribution in [2.24, 2.45) is 0 Å². The number of carbonyl (C=O) groups is 1. The Morgan fingerprint density at radius 3 is 2.22 bits per heavy atom. The van der Waals surface area contributed by atoms with Crippen molar-refractivity contribution >= 4 is 28.6 Å². The fourth-order valence-electron chi connectivity index (χ4n) is 1.32. The second-order valence-corrected chi connectivity index (χ2v) is 4.48. The van der Waals surface area contributed by atoms with E-state index in [4.69, 9.17) is 18.9 Å². The van der Waals surface area contributed by atoms with Gasteiger partial charge in [0.1, 0.15) is 0 Å². The fourth-order valence-corrected chi connectivity index (χ4v) is 1.89. The Morgan fingerprint density at radius 2 is 1.78 bits per heavy atom. The summed E-state index contributed by atoms with van der Waals surface area (Å²) >= 11 is 2.14. The highest BCUT2D eigenvalue weighted by molar-refractivity contribution is 14.1. The second-order valence-electron chi connectivity index (χ2n) is 3.23. The molecule has 0 atom stereocenters. The van der Waals surface area contributed by atoms with Crippen LogP contribution < -0.4 is 14.2 Å². The van der Waals surface area contributed by atoms with E-state index >= 15 is 0 Å². The molecule has 0 saturated heterocycles. The average Bonchev–Trinajstić information content (AvgIpc) is 2.36. The van der Waals surface area contributed by atoms with Crippen LogP contribution in [0.3, 0.4) is 0 Å². The van der Waals surface area contributed by atoms with E-state index in [1.807, 2.05) is 0 Å². The molecule has 1 aromatic rings. The Bertz CT molecular complexity index is 394. The molecule has 0 unspecified atom stereocenters. The summed E-state index contributed by atoms with van der Waals surface area (Å²) in [5, 5.41) is 0. The number of hydrogen-bond donors (Lipinski definition) is 0. The number of methoxy groups -OCH3 is 2. The summed E-state index contributed by atoms with van der Waals surface area (Å²) in [6.45, 7) is 1.88. The maximum atomic E-state index is 11.3. The highest BCUT2D eigenvalue weighted by Crippen LogP contribution is 2.38. The molecule has 0 spiro atoms. The third-order valence-electron chi connectivity index (χ3n) is 2.07. The van der Waals surface area contributed by atoms with Crippen LogP contribution in [0.4, 0.5) is 0 Å². The van der Waals surface area contributed by atoms with E-state index < -0.39 is 5.97 Å². The molecule has 6 heteroatoms. The third-order valence-corrected chi connectivity index (χ3v) is 2.69. The Hall–Kier alpha value is -1.18. The van der Waals surface area contributed by atoms with Crippen LogP contribution in [0.25, 0.3) is 0 Å². The minimum atomic E-state index is -0.430. The van der Waals surface area contributed by atoms with Crippen molar-refractivity contribution in [1.82, 2.24) is 0 Å². The monoisotopic (exact) mass is 366 g/mol. The molecule has 1 rings (SSSR count). The highest BCUT2D eigenvalue weighted by atomic mass is 127. The second kappa shape index (κ2) is 7.30. The topological polar surface area (TPSA) is 54.0 Å². The number of benzene rings is 1. The van der Waals surface area contributed by atoms with Gasteiger partial charge in [-0.2, -0.15) is 0 Å². The molecular weight excluding hydrogens is 351 g/mol. The molecule has 5 nitrogen and oxygen atoms in total. The van der Waals surface area contributed by atoms with Gasteiger partial charge in [-0.1, -0.05) is 0 Å². The Morgan fingerprint density at radius 1 is 1.22 bits per heavy atom. The number of rotatable bonds is 6. The SMILES string of the molecule is CCOC(=O)COc1c(OC)cc(I)cc1OC. The largest absolute Gasteiger partial charge is 0.493 e. The van der Waals surface area contributed by atoms with Crippen LogP contribution in [0.1, 0.15) is 6.92 Å². The van der Waals surface area contributed by atoms with E-state index in [-0.39, 0.29) is 6.61 Å². The average molecular weight is 366 g/mol. The molecule has 0 aromatic heterocycles. The van der Waals surface area contributed by atoms with Gasteiger partial charge in [0.15, 0.2) is 18.1 Å². The molecule has 18 heavy (non-hydrogen) atoms. The van der Waals surface area contributed by atoms with Gasteiger partial charge in [-0.25, -0.2) is 4.79 Å². The molecule has 1 aromatic carbocycles. The number of hydrogen-bond acceptors (Lipinski definition) is 5. The van der Waals surface area contributed by atoms with Crippen LogP contribution in [-0.4, -0.2) is 33.4 Å². The van der Waals surface area contributed by atoms with Crippen LogP contribution in [-0.2, 0) is 9.53 Å². The molecule has 0 fully saturated rings. The number of esters is 1. The van der Waals surface area contributed by atoms with Gasteiger partial charge in [0, 0.05) is 3.57 Å². The van der Waals surface area contributed by atoms with E-state index in [1.54, 1.807) is 19.1 Å². The van der Waals surface area contributed by atoms with Gasteiger partial charge >= 0.3 is 5.97 Å². The molecule has 0 N–H and O–H groups in total. The van der Waals surface area contributed by atoms with E-state index in [0.717, 1.165) is 3.57 Å². The third kappa shape index (κ3) is 3.94. The minimum Gasteiger partial charge on any atom is -0.493 e. The lowest BCUT2D eigenvalue weighted by molar-refractivity contribution is -0.145. The van der Waals surface area contributed by atoms with E-state index in [0.29, 0.717) is 23.9 Å². The predicted octanol–water partition coefficient (Wildman–Crippen LogP) is 2.25. The minimum absolute atomic E-state index is 0.179. The zero-order valence-corrected chi connectivity index (χ0v) is 12.6. The van der Waals surface area contributed by atoms with E-state index in [9.17, 15) is 4.79 Å². The molecule has 0 heterocycles. The summed E-state index contributed by atoms with van der Waals surface area (Å²) < 4.78 is 21.5. The van der Waals surface area contributed by atoms with Crippen molar-refractivity contribution in [3.8, 4) is 17.2 Å². The van der Waals surface area contributed by atoms with Crippen LogP contribution in [0.15, 0.2) is 12.1 Å². The van der Waals surface area contributed by atoms with Gasteiger partial charge in [-0.3, -0.25) is 0 Å². The molecule has 0 saturated carbocycles. The van der Waals surface area contributed by atoms with Crippen molar-refractivity contribution in [2.75, 3.05) is 27.4 Å². The van der Waals surface area contributed by atoms with Crippen LogP contribution in [0, 0.1) is 3.57 Å². The summed E-state index contributed by atoms with van der Waals surface area (Å²) in [4.78, 5) is 11.3. The molecular formula is C12H15IO5. The number of carbonyl (C=O) groups excluding carboxylic acids is 1. The smallest absolute Gasteiger partial charge is 0.344 e. The van der Waals surface area contributed by atoms with Gasteiger partial charge < -0.3 is 18.9 Å². The van der Waals surface area contributed by atoms with Crippen molar-refractivity contribution in [2.45, 2.75) is 6.92 Å². The Labute approximate surface area is 119 Å². The molecule has 0 aliphatic heterocycles. The van der Waals surface area contributed by atoms with E-state index in [2.05, 4.69) is 22.6 Å². The van der Waals surface area contributed by atoms with Crippen LogP contribution in [0.2, 0.25) is 0 Å². The van der Waals surface area contributed by atoms with Crippen molar-refractivity contribution in [1.29, 1.82) is 0 Å². The normalized spacial score (nSPS) is 9.78. The lowest BCUT2D eigenvalue weighted by Crippen LogP contribution is -2.15. The van der Waals surface area contributed by atoms with E-state index in [1.165, 1.54) is 14.2 Å². The zero-order valence-electron chi connectivity index (χ0n) is 10.5. The zero-order chi connectivity index (χ0) is 13.5. The molecule has 0 aliphatic rings. The van der Waals surface area contributed by atoms with Gasteiger partial charge in [-0.05, 0) is 41.6 Å². The molecule has 0 bridgehead atoms. The summed E-state index contributed by atoms with van der Waals surface area (Å²) in [6, 6.07) is 3.59. The van der Waals surface area contributed by atoms with Crippen LogP contribution in [0.5, 0.6) is 17.2 Å². The van der Waals surface area contributed by atoms with Gasteiger partial charge in [0.2, 0.25) is 5.75 Å². The first kappa shape index (κ1) is 14.9. The summed E-state index contributed by atoms with van der Waals surface area (Å²) in [7, 11) is 3.06. The summed E-state index contributed by atoms with van der Waals surface area (Å²) in [5.74, 6) is 1.000. The quantitative estimate of drug-likeness (QED) is 0.571. The first-order valence-corrected chi connectivity index (χ1v) is 6.40. The standard InChI is InChI=1S/C12H15IO5/c1-4-17-11(14)7-18-12-9(15-2)5-8(13)6-10(12)16-3/h5-6H,4,7H2,1-3H3. The molecule has 100 valence electrons. The predicted molar refractivity (Wildman–Crippen MR) is 74.4 cm³/mol. The molecule has 0 amide bonds. The van der Waals surface area contributed by atoms with Gasteiger partial charge in [0.05, 0.1) is 20.8 Å². The van der Waals surface area contributed by atoms with Gasteiger partial charge in [-0.15, -0.1) is 0 Å². The number of ether oxygens (including phenoxy) is 4. The lowest BCUT2D eigenvalue weighted by Gasteiger charge is -2.14.